The lowest BCUT2D eigenvalue weighted by Gasteiger charge is -2.17. The summed E-state index contributed by atoms with van der Waals surface area (Å²) in [5.41, 5.74) is 8.17. The lowest BCUT2D eigenvalue weighted by atomic mass is 10.1. The minimum absolute atomic E-state index is 0.0487. The van der Waals surface area contributed by atoms with E-state index in [1.54, 1.807) is 6.92 Å². The first-order valence-corrected chi connectivity index (χ1v) is 13.9. The van der Waals surface area contributed by atoms with Crippen LogP contribution in [-0.4, -0.2) is 45.8 Å². The topological polar surface area (TPSA) is 139 Å². The highest BCUT2D eigenvalue weighted by Crippen LogP contribution is 2.30. The molecular formula is C24H39N5O5S. The molecule has 1 saturated heterocycles. The van der Waals surface area contributed by atoms with Crippen molar-refractivity contribution in [2.75, 3.05) is 18.1 Å². The van der Waals surface area contributed by atoms with Crippen molar-refractivity contribution < 1.29 is 14.3 Å². The second-order valence-electron chi connectivity index (χ2n) is 8.93. The number of ether oxygens (including phenoxy) is 2. The molecular weight excluding hydrogens is 470 g/mol. The van der Waals surface area contributed by atoms with Crippen molar-refractivity contribution in [3.8, 4) is 0 Å². The second-order valence-corrected chi connectivity index (χ2v) is 10.3. The van der Waals surface area contributed by atoms with E-state index in [-0.39, 0.29) is 19.0 Å². The van der Waals surface area contributed by atoms with E-state index < -0.39 is 29.6 Å². The summed E-state index contributed by atoms with van der Waals surface area (Å²) >= 11 is 2.01. The van der Waals surface area contributed by atoms with Crippen molar-refractivity contribution in [1.29, 1.82) is 0 Å². The number of esters is 1. The van der Waals surface area contributed by atoms with Gasteiger partial charge in [-0.05, 0) is 36.8 Å². The molecule has 0 amide bonds. The van der Waals surface area contributed by atoms with Gasteiger partial charge in [-0.1, -0.05) is 57.0 Å². The lowest BCUT2D eigenvalue weighted by molar-refractivity contribution is -0.148. The number of hydrogen-bond donors (Lipinski definition) is 1. The third-order valence-electron chi connectivity index (χ3n) is 6.14. The molecule has 0 saturated carbocycles. The van der Waals surface area contributed by atoms with Gasteiger partial charge in [0, 0.05) is 29.5 Å². The van der Waals surface area contributed by atoms with Gasteiger partial charge in [-0.25, -0.2) is 4.79 Å². The molecule has 2 heterocycles. The standard InChI is InChI=1S/C24H39N5O5S/c1-3-35-14-12-10-8-6-4-5-7-9-11-13-22(30)33-17-20-19(27-28-25)15-21(34-20)29-16-18(2)23(31)26-24(29)32/h16,19-21H,3-15,17H2,1-2H3,(H,26,31,32). The van der Waals surface area contributed by atoms with Crippen LogP contribution in [-0.2, 0) is 14.3 Å². The molecule has 10 nitrogen and oxygen atoms in total. The minimum atomic E-state index is -0.715. The summed E-state index contributed by atoms with van der Waals surface area (Å²) in [4.78, 5) is 41.0. The SMILES string of the molecule is CCSCCCCCCCCCCCC(=O)OCC1OC(n2cc(C)c(=O)[nH]c2=O)CC1N=[N+]=[N-]. The van der Waals surface area contributed by atoms with E-state index in [1.165, 1.54) is 60.8 Å². The quantitative estimate of drug-likeness (QED) is 0.103. The summed E-state index contributed by atoms with van der Waals surface area (Å²) in [6, 6.07) is -0.581. The first kappa shape index (κ1) is 29.0. The fourth-order valence-electron chi connectivity index (χ4n) is 4.13. The first-order valence-electron chi connectivity index (χ1n) is 12.7. The van der Waals surface area contributed by atoms with Gasteiger partial charge >= 0.3 is 11.7 Å². The fourth-order valence-corrected chi connectivity index (χ4v) is 4.82. The zero-order valence-corrected chi connectivity index (χ0v) is 21.8. The van der Waals surface area contributed by atoms with Gasteiger partial charge in [0.2, 0.25) is 0 Å². The van der Waals surface area contributed by atoms with Crippen LogP contribution >= 0.6 is 11.8 Å². The van der Waals surface area contributed by atoms with Gasteiger partial charge in [-0.15, -0.1) is 0 Å². The van der Waals surface area contributed by atoms with E-state index in [1.807, 2.05) is 11.8 Å². The molecule has 35 heavy (non-hydrogen) atoms. The summed E-state index contributed by atoms with van der Waals surface area (Å²) in [6.45, 7) is 3.74. The average molecular weight is 510 g/mol. The van der Waals surface area contributed by atoms with Crippen molar-refractivity contribution in [3.63, 3.8) is 0 Å². The van der Waals surface area contributed by atoms with Crippen LogP contribution in [0.2, 0.25) is 0 Å². The smallest absolute Gasteiger partial charge is 0.330 e. The number of rotatable bonds is 17. The second kappa shape index (κ2) is 16.4. The molecule has 196 valence electrons. The van der Waals surface area contributed by atoms with Crippen LogP contribution in [0, 0.1) is 6.92 Å². The molecule has 1 fully saturated rings. The average Bonchev–Trinajstić information content (AvgIpc) is 3.23. The predicted molar refractivity (Wildman–Crippen MR) is 138 cm³/mol. The Hall–Kier alpha value is -2.23. The van der Waals surface area contributed by atoms with E-state index in [4.69, 9.17) is 15.0 Å². The third-order valence-corrected chi connectivity index (χ3v) is 7.13. The number of carbonyl (C=O) groups is 1. The Kier molecular flexibility index (Phi) is 13.6. The molecule has 3 atom stereocenters. The number of thioether (sulfide) groups is 1. The van der Waals surface area contributed by atoms with E-state index in [0.717, 1.165) is 19.3 Å². The van der Waals surface area contributed by atoms with Crippen LogP contribution in [0.4, 0.5) is 0 Å². The highest BCUT2D eigenvalue weighted by molar-refractivity contribution is 7.99. The van der Waals surface area contributed by atoms with Crippen LogP contribution in [0.3, 0.4) is 0 Å². The zero-order chi connectivity index (χ0) is 25.5. The predicted octanol–water partition coefficient (Wildman–Crippen LogP) is 5.01. The molecule has 11 heteroatoms. The number of hydrogen-bond acceptors (Lipinski definition) is 7. The molecule has 0 aliphatic carbocycles. The van der Waals surface area contributed by atoms with Crippen molar-refractivity contribution in [2.45, 2.75) is 103 Å². The largest absolute Gasteiger partial charge is 0.463 e. The molecule has 1 aromatic rings. The van der Waals surface area contributed by atoms with Crippen LogP contribution < -0.4 is 11.2 Å². The lowest BCUT2D eigenvalue weighted by Crippen LogP contribution is -2.33. The fraction of sp³-hybridized carbons (Fsp3) is 0.792. The highest BCUT2D eigenvalue weighted by Gasteiger charge is 2.37. The number of azide groups is 1. The van der Waals surface area contributed by atoms with Crippen LogP contribution in [0.5, 0.6) is 0 Å². The number of aromatic amines is 1. The number of aromatic nitrogens is 2. The van der Waals surface area contributed by atoms with Gasteiger partial charge in [0.05, 0.1) is 6.04 Å². The molecule has 1 N–H and O–H groups in total. The maximum Gasteiger partial charge on any atom is 0.330 e. The van der Waals surface area contributed by atoms with E-state index in [0.29, 0.717) is 12.0 Å². The van der Waals surface area contributed by atoms with E-state index in [9.17, 15) is 14.4 Å². The Morgan fingerprint density at radius 1 is 1.20 bits per heavy atom. The highest BCUT2D eigenvalue weighted by atomic mass is 32.2. The van der Waals surface area contributed by atoms with Gasteiger partial charge in [-0.2, -0.15) is 11.8 Å². The molecule has 1 aromatic heterocycles. The monoisotopic (exact) mass is 509 g/mol. The molecule has 0 radical (unpaired) electrons. The number of aryl methyl sites for hydroxylation is 1. The number of unbranched alkanes of at least 4 members (excludes halogenated alkanes) is 8. The number of H-pyrrole nitrogens is 1. The summed E-state index contributed by atoms with van der Waals surface area (Å²) in [5.74, 6) is 2.18. The number of nitrogens with one attached hydrogen (secondary N) is 1. The van der Waals surface area contributed by atoms with E-state index in [2.05, 4.69) is 21.9 Å². The van der Waals surface area contributed by atoms with Crippen LogP contribution in [0.1, 0.15) is 89.3 Å². The van der Waals surface area contributed by atoms with Crippen molar-refractivity contribution >= 4 is 17.7 Å². The molecule has 1 aliphatic rings. The van der Waals surface area contributed by atoms with Crippen molar-refractivity contribution in [3.05, 3.63) is 43.0 Å². The first-order chi connectivity index (χ1) is 17.0. The molecule has 0 aromatic carbocycles. The Morgan fingerprint density at radius 3 is 2.51 bits per heavy atom. The Labute approximate surface area is 210 Å². The number of nitrogens with zero attached hydrogens (tertiary/aromatic N) is 4. The molecule has 3 unspecified atom stereocenters. The molecule has 0 spiro atoms. The Morgan fingerprint density at radius 2 is 1.86 bits per heavy atom. The van der Waals surface area contributed by atoms with E-state index >= 15 is 0 Å². The normalized spacial score (nSPS) is 19.4. The molecule has 2 rings (SSSR count). The summed E-state index contributed by atoms with van der Waals surface area (Å²) < 4.78 is 12.5. The Bertz CT molecular complexity index is 943. The summed E-state index contributed by atoms with van der Waals surface area (Å²) in [6.07, 6.45) is 11.3. The summed E-state index contributed by atoms with van der Waals surface area (Å²) in [7, 11) is 0. The molecule has 0 bridgehead atoms. The van der Waals surface area contributed by atoms with Crippen molar-refractivity contribution in [1.82, 2.24) is 9.55 Å². The maximum atomic E-state index is 12.2. The maximum absolute atomic E-state index is 12.2. The molecule has 1 aliphatic heterocycles. The third kappa shape index (κ3) is 10.5. The zero-order valence-electron chi connectivity index (χ0n) is 20.9. The summed E-state index contributed by atoms with van der Waals surface area (Å²) in [5, 5.41) is 3.74. The van der Waals surface area contributed by atoms with Gasteiger partial charge in [0.25, 0.3) is 5.56 Å². The van der Waals surface area contributed by atoms with Crippen LogP contribution in [0.15, 0.2) is 20.9 Å². The van der Waals surface area contributed by atoms with Gasteiger partial charge in [-0.3, -0.25) is 19.1 Å². The van der Waals surface area contributed by atoms with Gasteiger partial charge in [0.15, 0.2) is 0 Å². The number of carbonyl (C=O) groups excluding carboxylic acids is 1. The Balaban J connectivity index is 1.63. The minimum Gasteiger partial charge on any atom is -0.463 e. The van der Waals surface area contributed by atoms with Crippen molar-refractivity contribution in [2.24, 2.45) is 5.11 Å². The van der Waals surface area contributed by atoms with Crippen LogP contribution in [0.25, 0.3) is 10.4 Å². The van der Waals surface area contributed by atoms with Gasteiger partial charge < -0.3 is 9.47 Å². The van der Waals surface area contributed by atoms with Gasteiger partial charge in [0.1, 0.15) is 18.9 Å².